The van der Waals surface area contributed by atoms with Gasteiger partial charge in [-0.3, -0.25) is 4.68 Å². The van der Waals surface area contributed by atoms with E-state index < -0.39 is 0 Å². The fourth-order valence-corrected chi connectivity index (χ4v) is 1.88. The molecule has 0 bridgehead atoms. The molecule has 0 spiro atoms. The van der Waals surface area contributed by atoms with Crippen LogP contribution in [0.1, 0.15) is 0 Å². The van der Waals surface area contributed by atoms with Crippen LogP contribution in [0.15, 0.2) is 12.5 Å². The van der Waals surface area contributed by atoms with Gasteiger partial charge >= 0.3 is 0 Å². The average Bonchev–Trinajstić information content (AvgIpc) is 2.77. The Balaban J connectivity index is 2.36. The van der Waals surface area contributed by atoms with Crippen molar-refractivity contribution in [2.24, 2.45) is 12.8 Å². The Morgan fingerprint density at radius 3 is 2.94 bits per heavy atom. The maximum atomic E-state index is 5.64. The predicted molar refractivity (Wildman–Crippen MR) is 69.4 cm³/mol. The van der Waals surface area contributed by atoms with E-state index in [1.165, 1.54) is 0 Å². The molecule has 0 fully saturated rings. The van der Waals surface area contributed by atoms with Gasteiger partial charge in [-0.05, 0) is 0 Å². The van der Waals surface area contributed by atoms with Crippen molar-refractivity contribution in [3.8, 4) is 0 Å². The normalized spacial score (nSPS) is 11.1. The van der Waals surface area contributed by atoms with E-state index in [9.17, 15) is 0 Å². The third kappa shape index (κ3) is 2.41. The van der Waals surface area contributed by atoms with E-state index in [1.54, 1.807) is 24.3 Å². The van der Waals surface area contributed by atoms with Gasteiger partial charge in [-0.25, -0.2) is 9.97 Å². The Bertz CT molecular complexity index is 511. The summed E-state index contributed by atoms with van der Waals surface area (Å²) < 4.78 is 6.84. The summed E-state index contributed by atoms with van der Waals surface area (Å²) in [7, 11) is 3.54. The molecule has 0 aliphatic carbocycles. The van der Waals surface area contributed by atoms with Crippen LogP contribution in [0.2, 0.25) is 0 Å². The molecule has 2 rings (SSSR count). The fraction of sp³-hybridized carbons (Fsp3) is 0.545. The second-order valence-electron chi connectivity index (χ2n) is 3.97. The molecule has 0 aromatic carbocycles. The summed E-state index contributed by atoms with van der Waals surface area (Å²) in [5, 5.41) is 5.14. The Hall–Kier alpha value is -1.73. The van der Waals surface area contributed by atoms with Crippen LogP contribution < -0.4 is 10.6 Å². The Labute approximate surface area is 106 Å². The molecule has 2 aromatic heterocycles. The SMILES string of the molecule is COCCN(CCN)c1ncnc2c1cnn2C. The van der Waals surface area contributed by atoms with Crippen molar-refractivity contribution in [3.05, 3.63) is 12.5 Å². The molecule has 7 heteroatoms. The quantitative estimate of drug-likeness (QED) is 0.763. The first kappa shape index (κ1) is 12.7. The van der Waals surface area contributed by atoms with E-state index in [-0.39, 0.29) is 0 Å². The summed E-state index contributed by atoms with van der Waals surface area (Å²) in [6, 6.07) is 0. The van der Waals surface area contributed by atoms with Gasteiger partial charge in [-0.2, -0.15) is 5.10 Å². The standard InChI is InChI=1S/C11H18N6O/c1-16-10-9(7-15-16)11(14-8-13-10)17(4-3-12)5-6-18-2/h7-8H,3-6,12H2,1-2H3. The van der Waals surface area contributed by atoms with Crippen molar-refractivity contribution in [2.45, 2.75) is 0 Å². The smallest absolute Gasteiger partial charge is 0.163 e. The molecule has 0 saturated heterocycles. The summed E-state index contributed by atoms with van der Waals surface area (Å²) >= 11 is 0. The zero-order chi connectivity index (χ0) is 13.0. The van der Waals surface area contributed by atoms with Crippen molar-refractivity contribution in [1.29, 1.82) is 0 Å². The summed E-state index contributed by atoms with van der Waals surface area (Å²) in [5.41, 5.74) is 6.46. The Morgan fingerprint density at radius 1 is 1.39 bits per heavy atom. The van der Waals surface area contributed by atoms with E-state index in [1.807, 2.05) is 7.05 Å². The molecule has 2 aromatic rings. The van der Waals surface area contributed by atoms with Crippen molar-refractivity contribution >= 4 is 16.9 Å². The first-order valence-corrected chi connectivity index (χ1v) is 5.84. The summed E-state index contributed by atoms with van der Waals surface area (Å²) in [6.07, 6.45) is 3.33. The minimum atomic E-state index is 0.565. The highest BCUT2D eigenvalue weighted by Gasteiger charge is 2.13. The molecular weight excluding hydrogens is 232 g/mol. The number of aryl methyl sites for hydroxylation is 1. The number of hydrogen-bond donors (Lipinski definition) is 1. The van der Waals surface area contributed by atoms with Crippen LogP contribution in [-0.4, -0.2) is 53.1 Å². The number of aromatic nitrogens is 4. The van der Waals surface area contributed by atoms with Crippen LogP contribution in [0.4, 0.5) is 5.82 Å². The first-order valence-electron chi connectivity index (χ1n) is 5.84. The molecule has 0 aliphatic rings. The number of ether oxygens (including phenoxy) is 1. The van der Waals surface area contributed by atoms with Crippen molar-refractivity contribution in [1.82, 2.24) is 19.7 Å². The summed E-state index contributed by atoms with van der Waals surface area (Å²) in [5.74, 6) is 0.857. The lowest BCUT2D eigenvalue weighted by Gasteiger charge is -2.22. The van der Waals surface area contributed by atoms with Gasteiger partial charge in [-0.1, -0.05) is 0 Å². The molecule has 18 heavy (non-hydrogen) atoms. The zero-order valence-electron chi connectivity index (χ0n) is 10.7. The highest BCUT2D eigenvalue weighted by atomic mass is 16.5. The van der Waals surface area contributed by atoms with Gasteiger partial charge in [0.2, 0.25) is 0 Å². The number of hydrogen-bond acceptors (Lipinski definition) is 6. The lowest BCUT2D eigenvalue weighted by Crippen LogP contribution is -2.33. The third-order valence-corrected chi connectivity index (χ3v) is 2.77. The van der Waals surface area contributed by atoms with Gasteiger partial charge in [0.05, 0.1) is 18.2 Å². The van der Waals surface area contributed by atoms with Crippen LogP contribution in [0.3, 0.4) is 0 Å². The predicted octanol–water partition coefficient (Wildman–Crippen LogP) is -0.225. The molecule has 98 valence electrons. The van der Waals surface area contributed by atoms with Gasteiger partial charge in [-0.15, -0.1) is 0 Å². The van der Waals surface area contributed by atoms with E-state index in [0.717, 1.165) is 29.9 Å². The molecule has 0 atom stereocenters. The first-order chi connectivity index (χ1) is 8.77. The summed E-state index contributed by atoms with van der Waals surface area (Å²) in [4.78, 5) is 10.7. The largest absolute Gasteiger partial charge is 0.383 e. The van der Waals surface area contributed by atoms with Gasteiger partial charge in [0.25, 0.3) is 0 Å². The topological polar surface area (TPSA) is 82.1 Å². The van der Waals surface area contributed by atoms with Gasteiger partial charge in [0.15, 0.2) is 5.65 Å². The van der Waals surface area contributed by atoms with Crippen LogP contribution in [-0.2, 0) is 11.8 Å². The second kappa shape index (κ2) is 5.74. The van der Waals surface area contributed by atoms with Gasteiger partial charge in [0.1, 0.15) is 12.1 Å². The number of fused-ring (bicyclic) bond motifs is 1. The van der Waals surface area contributed by atoms with Gasteiger partial charge < -0.3 is 15.4 Å². The molecule has 0 amide bonds. The number of anilines is 1. The number of nitrogens with zero attached hydrogens (tertiary/aromatic N) is 5. The van der Waals surface area contributed by atoms with Crippen LogP contribution in [0.5, 0.6) is 0 Å². The van der Waals surface area contributed by atoms with Crippen molar-refractivity contribution in [2.75, 3.05) is 38.3 Å². The minimum absolute atomic E-state index is 0.565. The molecular formula is C11H18N6O. The van der Waals surface area contributed by atoms with E-state index >= 15 is 0 Å². The van der Waals surface area contributed by atoms with Crippen molar-refractivity contribution in [3.63, 3.8) is 0 Å². The highest BCUT2D eigenvalue weighted by molar-refractivity contribution is 5.86. The summed E-state index contributed by atoms with van der Waals surface area (Å²) in [6.45, 7) is 2.67. The van der Waals surface area contributed by atoms with Gasteiger partial charge in [0, 0.05) is 33.8 Å². The molecule has 2 N–H and O–H groups in total. The maximum Gasteiger partial charge on any atom is 0.163 e. The number of nitrogens with two attached hydrogens (primary N) is 1. The molecule has 0 saturated carbocycles. The maximum absolute atomic E-state index is 5.64. The monoisotopic (exact) mass is 250 g/mol. The second-order valence-corrected chi connectivity index (χ2v) is 3.97. The lowest BCUT2D eigenvalue weighted by molar-refractivity contribution is 0.205. The zero-order valence-corrected chi connectivity index (χ0v) is 10.7. The molecule has 7 nitrogen and oxygen atoms in total. The van der Waals surface area contributed by atoms with Crippen molar-refractivity contribution < 1.29 is 4.74 Å². The Kier molecular flexibility index (Phi) is 4.06. The molecule has 0 aliphatic heterocycles. The highest BCUT2D eigenvalue weighted by Crippen LogP contribution is 2.21. The molecule has 2 heterocycles. The minimum Gasteiger partial charge on any atom is -0.383 e. The van der Waals surface area contributed by atoms with Crippen LogP contribution >= 0.6 is 0 Å². The van der Waals surface area contributed by atoms with Crippen LogP contribution in [0, 0.1) is 0 Å². The third-order valence-electron chi connectivity index (χ3n) is 2.77. The Morgan fingerprint density at radius 2 is 2.22 bits per heavy atom. The molecule has 0 radical (unpaired) electrons. The lowest BCUT2D eigenvalue weighted by atomic mass is 10.3. The number of rotatable bonds is 6. The van der Waals surface area contributed by atoms with E-state index in [2.05, 4.69) is 20.0 Å². The van der Waals surface area contributed by atoms with Crippen LogP contribution in [0.25, 0.3) is 11.0 Å². The fourth-order valence-electron chi connectivity index (χ4n) is 1.88. The number of methoxy groups -OCH3 is 1. The average molecular weight is 250 g/mol. The van der Waals surface area contributed by atoms with E-state index in [4.69, 9.17) is 10.5 Å². The van der Waals surface area contributed by atoms with E-state index in [0.29, 0.717) is 13.2 Å². The molecule has 0 unspecified atom stereocenters.